The Hall–Kier alpha value is -2.61. The molecule has 0 aliphatic carbocycles. The number of anilines is 1. The first-order valence-electron chi connectivity index (χ1n) is 8.65. The van der Waals surface area contributed by atoms with Gasteiger partial charge in [-0.15, -0.1) is 0 Å². The fourth-order valence-corrected chi connectivity index (χ4v) is 3.08. The van der Waals surface area contributed by atoms with Gasteiger partial charge in [-0.2, -0.15) is 0 Å². The maximum Gasteiger partial charge on any atom is 0.191 e. The van der Waals surface area contributed by atoms with E-state index in [2.05, 4.69) is 20.6 Å². The van der Waals surface area contributed by atoms with Crippen LogP contribution in [0.3, 0.4) is 0 Å². The van der Waals surface area contributed by atoms with Crippen molar-refractivity contribution in [3.8, 4) is 0 Å². The Kier molecular flexibility index (Phi) is 7.18. The van der Waals surface area contributed by atoms with Crippen molar-refractivity contribution in [2.75, 3.05) is 38.8 Å². The summed E-state index contributed by atoms with van der Waals surface area (Å²) in [6.45, 7) is 1.34. The van der Waals surface area contributed by atoms with Crippen LogP contribution in [0.2, 0.25) is 0 Å². The molecule has 1 aromatic carbocycles. The number of rotatable bonds is 7. The summed E-state index contributed by atoms with van der Waals surface area (Å²) in [5, 5.41) is 6.55. The minimum Gasteiger partial charge on any atom is -0.363 e. The number of guanidine groups is 1. The molecule has 0 radical (unpaired) electrons. The molecule has 1 heterocycles. The number of nitrogens with zero attached hydrogens (tertiary/aromatic N) is 3. The zero-order chi connectivity index (χ0) is 19.9. The van der Waals surface area contributed by atoms with Crippen molar-refractivity contribution < 1.29 is 8.42 Å². The van der Waals surface area contributed by atoms with Crippen LogP contribution < -0.4 is 15.5 Å². The van der Waals surface area contributed by atoms with Crippen LogP contribution in [-0.2, 0) is 22.8 Å². The number of nitrogens with one attached hydrogen (secondary N) is 2. The molecule has 0 atom stereocenters. The van der Waals surface area contributed by atoms with E-state index in [1.807, 2.05) is 43.3 Å². The highest BCUT2D eigenvalue weighted by Crippen LogP contribution is 2.11. The van der Waals surface area contributed by atoms with Crippen LogP contribution >= 0.6 is 0 Å². The second-order valence-electron chi connectivity index (χ2n) is 6.44. The highest BCUT2D eigenvalue weighted by molar-refractivity contribution is 7.90. The van der Waals surface area contributed by atoms with Crippen molar-refractivity contribution in [2.24, 2.45) is 4.99 Å². The van der Waals surface area contributed by atoms with Gasteiger partial charge in [-0.3, -0.25) is 4.99 Å². The fourth-order valence-electron chi connectivity index (χ4n) is 2.45. The van der Waals surface area contributed by atoms with Crippen LogP contribution in [0.4, 0.5) is 5.82 Å². The molecule has 2 aromatic rings. The van der Waals surface area contributed by atoms with Gasteiger partial charge in [0.2, 0.25) is 0 Å². The van der Waals surface area contributed by atoms with Crippen molar-refractivity contribution in [1.82, 2.24) is 15.6 Å². The van der Waals surface area contributed by atoms with Crippen LogP contribution in [0, 0.1) is 0 Å². The molecule has 2 rings (SSSR count). The molecule has 27 heavy (non-hydrogen) atoms. The number of aliphatic imine (C=N–C) groups is 1. The average molecular weight is 390 g/mol. The molecular weight excluding hydrogens is 362 g/mol. The summed E-state index contributed by atoms with van der Waals surface area (Å²) < 4.78 is 23.0. The van der Waals surface area contributed by atoms with E-state index in [0.717, 1.165) is 23.4 Å². The molecule has 1 aromatic heterocycles. The lowest BCUT2D eigenvalue weighted by molar-refractivity contribution is 0.602. The molecule has 8 heteroatoms. The van der Waals surface area contributed by atoms with E-state index in [9.17, 15) is 8.42 Å². The predicted molar refractivity (Wildman–Crippen MR) is 110 cm³/mol. The number of aromatic nitrogens is 1. The zero-order valence-electron chi connectivity index (χ0n) is 16.2. The molecule has 7 nitrogen and oxygen atoms in total. The van der Waals surface area contributed by atoms with Gasteiger partial charge >= 0.3 is 0 Å². The van der Waals surface area contributed by atoms with Gasteiger partial charge in [-0.25, -0.2) is 13.4 Å². The third-order valence-corrected chi connectivity index (χ3v) is 5.14. The molecule has 0 amide bonds. The van der Waals surface area contributed by atoms with E-state index in [1.54, 1.807) is 25.4 Å². The van der Waals surface area contributed by atoms with E-state index in [0.29, 0.717) is 23.9 Å². The van der Waals surface area contributed by atoms with E-state index in [1.165, 1.54) is 6.26 Å². The number of pyridine rings is 1. The number of hydrogen-bond acceptors (Lipinski definition) is 5. The van der Waals surface area contributed by atoms with Crippen molar-refractivity contribution in [2.45, 2.75) is 17.9 Å². The van der Waals surface area contributed by atoms with Crippen molar-refractivity contribution in [3.63, 3.8) is 0 Å². The van der Waals surface area contributed by atoms with Crippen LogP contribution in [0.15, 0.2) is 52.5 Å². The third kappa shape index (κ3) is 6.56. The first-order chi connectivity index (χ1) is 12.8. The fraction of sp³-hybridized carbons (Fsp3) is 0.368. The van der Waals surface area contributed by atoms with Crippen LogP contribution in [0.5, 0.6) is 0 Å². The van der Waals surface area contributed by atoms with Gasteiger partial charge in [0.1, 0.15) is 5.82 Å². The molecule has 146 valence electrons. The summed E-state index contributed by atoms with van der Waals surface area (Å²) in [4.78, 5) is 10.8. The monoisotopic (exact) mass is 389 g/mol. The Morgan fingerprint density at radius 1 is 1.11 bits per heavy atom. The first kappa shape index (κ1) is 20.7. The topological polar surface area (TPSA) is 86.7 Å². The highest BCUT2D eigenvalue weighted by atomic mass is 32.2. The predicted octanol–water partition coefficient (Wildman–Crippen LogP) is 1.46. The van der Waals surface area contributed by atoms with E-state index >= 15 is 0 Å². The number of sulfone groups is 1. The maximum atomic E-state index is 11.5. The lowest BCUT2D eigenvalue weighted by Crippen LogP contribution is -2.37. The van der Waals surface area contributed by atoms with Crippen LogP contribution in [0.1, 0.15) is 11.1 Å². The van der Waals surface area contributed by atoms with Gasteiger partial charge in [0, 0.05) is 46.7 Å². The molecule has 0 aliphatic heterocycles. The number of benzene rings is 1. The summed E-state index contributed by atoms with van der Waals surface area (Å²) in [5.41, 5.74) is 2.18. The maximum absolute atomic E-state index is 11.5. The number of hydrogen-bond donors (Lipinski definition) is 2. The van der Waals surface area contributed by atoms with Crippen molar-refractivity contribution in [1.29, 1.82) is 0 Å². The Morgan fingerprint density at radius 2 is 1.81 bits per heavy atom. The van der Waals surface area contributed by atoms with Gasteiger partial charge in [0.15, 0.2) is 15.8 Å². The Labute approximate surface area is 161 Å². The highest BCUT2D eigenvalue weighted by Gasteiger charge is 2.06. The van der Waals surface area contributed by atoms with Crippen molar-refractivity contribution in [3.05, 3.63) is 53.7 Å². The molecule has 0 fully saturated rings. The molecule has 0 bridgehead atoms. The smallest absolute Gasteiger partial charge is 0.191 e. The molecule has 2 N–H and O–H groups in total. The van der Waals surface area contributed by atoms with E-state index in [-0.39, 0.29) is 0 Å². The molecule has 0 aliphatic rings. The molecule has 0 spiro atoms. The van der Waals surface area contributed by atoms with E-state index in [4.69, 9.17) is 0 Å². The quantitative estimate of drug-likeness (QED) is 0.551. The standard InChI is InChI=1S/C19H27N5O2S/c1-20-19(23-14-16-10-11-21-18(13-16)24(2)3)22-12-9-15-5-7-17(8-6-15)27(4,25)26/h5-8,10-11,13H,9,12,14H2,1-4H3,(H2,20,22,23). The molecular formula is C19H27N5O2S. The summed E-state index contributed by atoms with van der Waals surface area (Å²) in [6.07, 6.45) is 3.77. The second kappa shape index (κ2) is 9.36. The third-order valence-electron chi connectivity index (χ3n) is 4.01. The lowest BCUT2D eigenvalue weighted by atomic mass is 10.1. The molecule has 0 unspecified atom stereocenters. The largest absolute Gasteiger partial charge is 0.363 e. The minimum absolute atomic E-state index is 0.339. The van der Waals surface area contributed by atoms with Crippen LogP contribution in [-0.4, -0.2) is 53.3 Å². The van der Waals surface area contributed by atoms with Gasteiger partial charge < -0.3 is 15.5 Å². The average Bonchev–Trinajstić information content (AvgIpc) is 2.64. The minimum atomic E-state index is -3.15. The van der Waals surface area contributed by atoms with Crippen molar-refractivity contribution >= 4 is 21.6 Å². The van der Waals surface area contributed by atoms with Gasteiger partial charge in [-0.05, 0) is 41.8 Å². The Bertz CT molecular complexity index is 877. The van der Waals surface area contributed by atoms with E-state index < -0.39 is 9.84 Å². The summed E-state index contributed by atoms with van der Waals surface area (Å²) in [7, 11) is 2.50. The van der Waals surface area contributed by atoms with Gasteiger partial charge in [-0.1, -0.05) is 12.1 Å². The summed E-state index contributed by atoms with van der Waals surface area (Å²) in [6, 6.07) is 11.0. The normalized spacial score (nSPS) is 11.9. The molecule has 0 saturated carbocycles. The Balaban J connectivity index is 1.83. The zero-order valence-corrected chi connectivity index (χ0v) is 17.0. The second-order valence-corrected chi connectivity index (χ2v) is 8.45. The molecule has 0 saturated heterocycles. The lowest BCUT2D eigenvalue weighted by Gasteiger charge is -2.14. The van der Waals surface area contributed by atoms with Gasteiger partial charge in [0.25, 0.3) is 0 Å². The first-order valence-corrected chi connectivity index (χ1v) is 10.5. The SMILES string of the molecule is CN=C(NCCc1ccc(S(C)(=O)=O)cc1)NCc1ccnc(N(C)C)c1. The summed E-state index contributed by atoms with van der Waals surface area (Å²) in [5.74, 6) is 1.63. The van der Waals surface area contributed by atoms with Gasteiger partial charge in [0.05, 0.1) is 4.90 Å². The van der Waals surface area contributed by atoms with Crippen LogP contribution in [0.25, 0.3) is 0 Å². The summed E-state index contributed by atoms with van der Waals surface area (Å²) >= 11 is 0. The Morgan fingerprint density at radius 3 is 2.41 bits per heavy atom.